The fraction of sp³-hybridized carbons (Fsp3) is 0.552. The number of methoxy groups -OCH3 is 4. The number of likely N-dealkylation sites (tertiary alicyclic amines) is 1. The molecule has 8 heteroatoms. The molecule has 0 spiro atoms. The average Bonchev–Trinajstić information content (AvgIpc) is 3.07. The molecule has 7 nitrogen and oxygen atoms in total. The molecule has 1 fully saturated rings. The van der Waals surface area contributed by atoms with Crippen molar-refractivity contribution in [1.29, 1.82) is 0 Å². The molecule has 0 aromatic heterocycles. The summed E-state index contributed by atoms with van der Waals surface area (Å²) in [4.78, 5) is 19.0. The van der Waals surface area contributed by atoms with Crippen molar-refractivity contribution in [2.75, 3.05) is 66.9 Å². The first-order valence-corrected chi connectivity index (χ1v) is 14.1. The largest absolute Gasteiger partial charge is 0.493 e. The summed E-state index contributed by atoms with van der Waals surface area (Å²) in [6.45, 7) is 4.92. The van der Waals surface area contributed by atoms with Gasteiger partial charge < -0.3 is 28.7 Å². The van der Waals surface area contributed by atoms with E-state index in [-0.39, 0.29) is 5.91 Å². The molecular formula is C29H40N2O5S. The van der Waals surface area contributed by atoms with Gasteiger partial charge in [0.2, 0.25) is 5.91 Å². The van der Waals surface area contributed by atoms with Crippen molar-refractivity contribution in [2.24, 2.45) is 5.92 Å². The molecule has 1 atom stereocenters. The summed E-state index contributed by atoms with van der Waals surface area (Å²) >= 11 is 1.86. The molecule has 202 valence electrons. The lowest BCUT2D eigenvalue weighted by molar-refractivity contribution is -0.131. The van der Waals surface area contributed by atoms with Crippen molar-refractivity contribution in [2.45, 2.75) is 37.0 Å². The number of carbonyl (C=O) groups excluding carboxylic acids is 1. The summed E-state index contributed by atoms with van der Waals surface area (Å²) in [7, 11) is 6.62. The molecule has 4 rings (SSSR count). The topological polar surface area (TPSA) is 60.5 Å². The molecule has 0 N–H and O–H groups in total. The van der Waals surface area contributed by atoms with Crippen LogP contribution in [0.15, 0.2) is 35.2 Å². The quantitative estimate of drug-likeness (QED) is 0.313. The van der Waals surface area contributed by atoms with E-state index in [1.807, 2.05) is 36.0 Å². The van der Waals surface area contributed by atoms with Gasteiger partial charge in [-0.25, -0.2) is 0 Å². The third-order valence-corrected chi connectivity index (χ3v) is 8.46. The van der Waals surface area contributed by atoms with Crippen molar-refractivity contribution in [3.8, 4) is 23.0 Å². The van der Waals surface area contributed by atoms with Crippen LogP contribution in [0, 0.1) is 5.92 Å². The lowest BCUT2D eigenvalue weighted by Gasteiger charge is -2.35. The van der Waals surface area contributed by atoms with E-state index in [0.717, 1.165) is 74.1 Å². The van der Waals surface area contributed by atoms with Crippen LogP contribution < -0.4 is 18.9 Å². The zero-order chi connectivity index (χ0) is 26.2. The first kappa shape index (κ1) is 27.5. The fourth-order valence-corrected chi connectivity index (χ4v) is 6.27. The number of fused-ring (bicyclic) bond motifs is 1. The highest BCUT2D eigenvalue weighted by molar-refractivity contribution is 7.99. The molecule has 2 aromatic rings. The minimum Gasteiger partial charge on any atom is -0.493 e. The smallest absolute Gasteiger partial charge is 0.227 e. The van der Waals surface area contributed by atoms with Gasteiger partial charge in [0.1, 0.15) is 0 Å². The molecule has 2 aliphatic rings. The molecule has 2 aliphatic heterocycles. The number of carbonyl (C=O) groups is 1. The Balaban J connectivity index is 1.25. The average molecular weight is 529 g/mol. The Labute approximate surface area is 225 Å². The zero-order valence-corrected chi connectivity index (χ0v) is 23.4. The van der Waals surface area contributed by atoms with Gasteiger partial charge in [-0.05, 0) is 91.9 Å². The standard InChI is InChI=1S/C29H40N2O5S/c1-33-25-9-8-24(18-28(25)36-4)37-14-6-12-30-11-5-7-21(19-30)20-31-13-10-22-15-26(34-2)27(35-3)16-23(22)17-29(31)32/h8-9,15-16,18,21H,5-7,10-14,17,19-20H2,1-4H3. The van der Waals surface area contributed by atoms with Crippen LogP contribution in [-0.2, 0) is 17.6 Å². The number of nitrogens with zero attached hydrogens (tertiary/aromatic N) is 2. The van der Waals surface area contributed by atoms with E-state index in [2.05, 4.69) is 15.9 Å². The van der Waals surface area contributed by atoms with Gasteiger partial charge in [0.15, 0.2) is 23.0 Å². The van der Waals surface area contributed by atoms with Crippen molar-refractivity contribution < 1.29 is 23.7 Å². The number of rotatable bonds is 11. The summed E-state index contributed by atoms with van der Waals surface area (Å²) < 4.78 is 21.7. The molecule has 0 saturated carbocycles. The minimum absolute atomic E-state index is 0.217. The lowest BCUT2D eigenvalue weighted by Crippen LogP contribution is -2.43. The molecule has 1 unspecified atom stereocenters. The van der Waals surface area contributed by atoms with E-state index in [1.165, 1.54) is 23.3 Å². The van der Waals surface area contributed by atoms with E-state index in [0.29, 0.717) is 18.1 Å². The number of hydrogen-bond donors (Lipinski definition) is 0. The molecule has 1 amide bonds. The van der Waals surface area contributed by atoms with Crippen LogP contribution in [0.1, 0.15) is 30.4 Å². The van der Waals surface area contributed by atoms with Crippen LogP contribution in [0.25, 0.3) is 0 Å². The number of piperidine rings is 1. The highest BCUT2D eigenvalue weighted by Crippen LogP contribution is 2.34. The second-order valence-corrected chi connectivity index (χ2v) is 10.9. The highest BCUT2D eigenvalue weighted by Gasteiger charge is 2.27. The first-order valence-electron chi connectivity index (χ1n) is 13.1. The van der Waals surface area contributed by atoms with Gasteiger partial charge >= 0.3 is 0 Å². The van der Waals surface area contributed by atoms with Crippen molar-refractivity contribution in [3.63, 3.8) is 0 Å². The van der Waals surface area contributed by atoms with Gasteiger partial charge in [0.25, 0.3) is 0 Å². The lowest BCUT2D eigenvalue weighted by atomic mass is 9.97. The van der Waals surface area contributed by atoms with E-state index < -0.39 is 0 Å². The van der Waals surface area contributed by atoms with Crippen LogP contribution in [0.2, 0.25) is 0 Å². The predicted molar refractivity (Wildman–Crippen MR) is 148 cm³/mol. The highest BCUT2D eigenvalue weighted by atomic mass is 32.2. The Morgan fingerprint density at radius 2 is 1.59 bits per heavy atom. The summed E-state index contributed by atoms with van der Waals surface area (Å²) in [6.07, 6.45) is 4.80. The zero-order valence-electron chi connectivity index (χ0n) is 22.6. The second-order valence-electron chi connectivity index (χ2n) is 9.77. The number of ether oxygens (including phenoxy) is 4. The van der Waals surface area contributed by atoms with E-state index in [9.17, 15) is 4.79 Å². The third kappa shape index (κ3) is 7.05. The van der Waals surface area contributed by atoms with Gasteiger partial charge in [-0.15, -0.1) is 11.8 Å². The van der Waals surface area contributed by atoms with E-state index >= 15 is 0 Å². The van der Waals surface area contributed by atoms with Gasteiger partial charge in [-0.3, -0.25) is 4.79 Å². The van der Waals surface area contributed by atoms with Crippen LogP contribution in [0.4, 0.5) is 0 Å². The number of thioether (sulfide) groups is 1. The van der Waals surface area contributed by atoms with Gasteiger partial charge in [-0.1, -0.05) is 0 Å². The number of amides is 1. The molecule has 2 heterocycles. The maximum atomic E-state index is 13.1. The minimum atomic E-state index is 0.217. The maximum absolute atomic E-state index is 13.1. The Morgan fingerprint density at radius 1 is 0.892 bits per heavy atom. The molecule has 37 heavy (non-hydrogen) atoms. The summed E-state index contributed by atoms with van der Waals surface area (Å²) in [5, 5.41) is 0. The van der Waals surface area contributed by atoms with Crippen molar-refractivity contribution >= 4 is 17.7 Å². The summed E-state index contributed by atoms with van der Waals surface area (Å²) in [5.41, 5.74) is 2.24. The van der Waals surface area contributed by atoms with Gasteiger partial charge in [0.05, 0.1) is 34.9 Å². The molecule has 0 aliphatic carbocycles. The molecular weight excluding hydrogens is 488 g/mol. The third-order valence-electron chi connectivity index (χ3n) is 7.38. The van der Waals surface area contributed by atoms with Crippen LogP contribution in [0.5, 0.6) is 23.0 Å². The Bertz CT molecular complexity index is 1060. The first-order chi connectivity index (χ1) is 18.0. The molecule has 1 saturated heterocycles. The number of benzene rings is 2. The van der Waals surface area contributed by atoms with Crippen LogP contribution in [0.3, 0.4) is 0 Å². The normalized spacial score (nSPS) is 18.2. The summed E-state index contributed by atoms with van der Waals surface area (Å²) in [5.74, 6) is 4.76. The maximum Gasteiger partial charge on any atom is 0.227 e. The van der Waals surface area contributed by atoms with Crippen LogP contribution in [-0.4, -0.2) is 82.6 Å². The molecule has 0 radical (unpaired) electrons. The second kappa shape index (κ2) is 13.3. The van der Waals surface area contributed by atoms with E-state index in [4.69, 9.17) is 18.9 Å². The van der Waals surface area contributed by atoms with Gasteiger partial charge in [0, 0.05) is 24.5 Å². The number of hydrogen-bond acceptors (Lipinski definition) is 7. The molecule has 2 aromatic carbocycles. The molecule has 0 bridgehead atoms. The monoisotopic (exact) mass is 528 g/mol. The van der Waals surface area contributed by atoms with Crippen molar-refractivity contribution in [3.05, 3.63) is 41.5 Å². The fourth-order valence-electron chi connectivity index (χ4n) is 5.41. The van der Waals surface area contributed by atoms with Crippen LogP contribution >= 0.6 is 11.8 Å². The Morgan fingerprint density at radius 3 is 2.32 bits per heavy atom. The predicted octanol–water partition coefficient (Wildman–Crippen LogP) is 4.54. The SMILES string of the molecule is COc1ccc(SCCCN2CCCC(CN3CCc4cc(OC)c(OC)cc4CC3=O)C2)cc1OC. The Kier molecular flexibility index (Phi) is 9.86. The summed E-state index contributed by atoms with van der Waals surface area (Å²) in [6, 6.07) is 10.1. The Hall–Kier alpha value is -2.58. The van der Waals surface area contributed by atoms with Gasteiger partial charge in [-0.2, -0.15) is 0 Å². The van der Waals surface area contributed by atoms with E-state index in [1.54, 1.807) is 28.4 Å². The van der Waals surface area contributed by atoms with Crippen molar-refractivity contribution in [1.82, 2.24) is 9.80 Å².